The molecule has 0 amide bonds. The fraction of sp³-hybridized carbons (Fsp3) is 0.0769. The molecule has 0 bridgehead atoms. The van der Waals surface area contributed by atoms with Crippen LogP contribution in [0.5, 0.6) is 0 Å². The van der Waals surface area contributed by atoms with Crippen LogP contribution in [-0.2, 0) is 11.2 Å². The molecular formula is C13H11N3O2S. The molecular weight excluding hydrogens is 262 g/mol. The van der Waals surface area contributed by atoms with E-state index in [1.165, 1.54) is 11.3 Å². The Hall–Kier alpha value is -2.34. The molecule has 2 aromatic heterocycles. The topological polar surface area (TPSA) is 80.6 Å². The molecule has 0 saturated heterocycles. The van der Waals surface area contributed by atoms with Crippen molar-refractivity contribution in [2.75, 3.05) is 5.73 Å². The Kier molecular flexibility index (Phi) is 2.72. The summed E-state index contributed by atoms with van der Waals surface area (Å²) in [5.41, 5.74) is 8.93. The summed E-state index contributed by atoms with van der Waals surface area (Å²) < 4.78 is 1.81. The summed E-state index contributed by atoms with van der Waals surface area (Å²) in [5.74, 6) is -0.853. The van der Waals surface area contributed by atoms with E-state index in [1.807, 2.05) is 35.8 Å². The van der Waals surface area contributed by atoms with Crippen molar-refractivity contribution in [1.29, 1.82) is 0 Å². The number of nitrogens with zero attached hydrogens (tertiary/aromatic N) is 2. The van der Waals surface area contributed by atoms with Gasteiger partial charge in [0.15, 0.2) is 4.96 Å². The Morgan fingerprint density at radius 2 is 2.21 bits per heavy atom. The molecule has 3 rings (SSSR count). The van der Waals surface area contributed by atoms with E-state index in [4.69, 9.17) is 10.8 Å². The van der Waals surface area contributed by atoms with Gasteiger partial charge in [0.05, 0.1) is 12.1 Å². The Bertz CT molecular complexity index is 760. The van der Waals surface area contributed by atoms with Crippen LogP contribution in [0.1, 0.15) is 5.69 Å². The number of benzene rings is 1. The molecule has 0 spiro atoms. The molecule has 0 saturated carbocycles. The lowest BCUT2D eigenvalue weighted by Gasteiger charge is -2.00. The highest BCUT2D eigenvalue weighted by Crippen LogP contribution is 2.27. The van der Waals surface area contributed by atoms with E-state index >= 15 is 0 Å². The SMILES string of the molecule is Nc1ccccc1-c1cn2c(CC(=O)O)csc2n1. The first-order chi connectivity index (χ1) is 9.15. The maximum atomic E-state index is 10.8. The van der Waals surface area contributed by atoms with Gasteiger partial charge >= 0.3 is 5.97 Å². The first-order valence-corrected chi connectivity index (χ1v) is 6.55. The minimum absolute atomic E-state index is 0.0138. The summed E-state index contributed by atoms with van der Waals surface area (Å²) in [7, 11) is 0. The van der Waals surface area contributed by atoms with Crippen LogP contribution >= 0.6 is 11.3 Å². The van der Waals surface area contributed by atoms with E-state index in [9.17, 15) is 4.79 Å². The number of carboxylic acids is 1. The molecule has 2 heterocycles. The summed E-state index contributed by atoms with van der Waals surface area (Å²) >= 11 is 1.42. The van der Waals surface area contributed by atoms with E-state index in [0.29, 0.717) is 5.69 Å². The first-order valence-electron chi connectivity index (χ1n) is 5.67. The van der Waals surface area contributed by atoms with E-state index < -0.39 is 5.97 Å². The molecule has 5 nitrogen and oxygen atoms in total. The maximum absolute atomic E-state index is 10.8. The van der Waals surface area contributed by atoms with Crippen LogP contribution in [0, 0.1) is 0 Å². The second kappa shape index (κ2) is 4.40. The molecule has 0 radical (unpaired) electrons. The lowest BCUT2D eigenvalue weighted by Crippen LogP contribution is -2.02. The lowest BCUT2D eigenvalue weighted by molar-refractivity contribution is -0.136. The molecule has 0 aliphatic heterocycles. The number of nitrogens with two attached hydrogens (primary N) is 1. The predicted molar refractivity (Wildman–Crippen MR) is 74.3 cm³/mol. The highest BCUT2D eigenvalue weighted by atomic mass is 32.1. The zero-order valence-electron chi connectivity index (χ0n) is 9.91. The molecule has 0 aliphatic carbocycles. The number of fused-ring (bicyclic) bond motifs is 1. The van der Waals surface area contributed by atoms with Crippen molar-refractivity contribution in [2.24, 2.45) is 0 Å². The van der Waals surface area contributed by atoms with E-state index in [1.54, 1.807) is 4.40 Å². The van der Waals surface area contributed by atoms with Gasteiger partial charge in [-0.3, -0.25) is 9.20 Å². The van der Waals surface area contributed by atoms with Gasteiger partial charge in [-0.2, -0.15) is 0 Å². The van der Waals surface area contributed by atoms with Crippen LogP contribution in [0.15, 0.2) is 35.8 Å². The van der Waals surface area contributed by atoms with E-state index in [-0.39, 0.29) is 6.42 Å². The fourth-order valence-electron chi connectivity index (χ4n) is 1.97. The highest BCUT2D eigenvalue weighted by molar-refractivity contribution is 7.15. The largest absolute Gasteiger partial charge is 0.481 e. The summed E-state index contributed by atoms with van der Waals surface area (Å²) in [4.78, 5) is 16.0. The Labute approximate surface area is 112 Å². The molecule has 0 aliphatic rings. The third-order valence-corrected chi connectivity index (χ3v) is 3.74. The summed E-state index contributed by atoms with van der Waals surface area (Å²) in [6, 6.07) is 7.49. The third-order valence-electron chi connectivity index (χ3n) is 2.85. The Morgan fingerprint density at radius 3 is 2.95 bits per heavy atom. The van der Waals surface area contributed by atoms with Crippen LogP contribution in [0.3, 0.4) is 0 Å². The average molecular weight is 273 g/mol. The van der Waals surface area contributed by atoms with E-state index in [2.05, 4.69) is 4.98 Å². The third kappa shape index (κ3) is 2.06. The van der Waals surface area contributed by atoms with Crippen molar-refractivity contribution in [3.05, 3.63) is 41.5 Å². The number of anilines is 1. The number of imidazole rings is 1. The number of carboxylic acid groups (broad SMARTS) is 1. The summed E-state index contributed by atoms with van der Waals surface area (Å²) in [6.45, 7) is 0. The first kappa shape index (κ1) is 11.7. The van der Waals surface area contributed by atoms with Gasteiger partial charge in [0.1, 0.15) is 0 Å². The van der Waals surface area contributed by atoms with Crippen LogP contribution in [0.2, 0.25) is 0 Å². The number of aliphatic carboxylic acids is 1. The van der Waals surface area contributed by atoms with Crippen LogP contribution in [0.25, 0.3) is 16.2 Å². The molecule has 0 fully saturated rings. The van der Waals surface area contributed by atoms with Gasteiger partial charge in [-0.25, -0.2) is 4.98 Å². The smallest absolute Gasteiger partial charge is 0.309 e. The molecule has 3 N–H and O–H groups in total. The molecule has 0 atom stereocenters. The number of rotatable bonds is 3. The van der Waals surface area contributed by atoms with Crippen molar-refractivity contribution >= 4 is 28.0 Å². The lowest BCUT2D eigenvalue weighted by atomic mass is 10.1. The molecule has 0 unspecified atom stereocenters. The van der Waals surface area contributed by atoms with Gasteiger partial charge in [0.2, 0.25) is 0 Å². The standard InChI is InChI=1S/C13H11N3O2S/c14-10-4-2-1-3-9(10)11-6-16-8(5-12(17)18)7-19-13(16)15-11/h1-4,6-7H,5,14H2,(H,17,18). The minimum atomic E-state index is -0.853. The minimum Gasteiger partial charge on any atom is -0.481 e. The molecule has 6 heteroatoms. The van der Waals surface area contributed by atoms with Gasteiger partial charge in [-0.05, 0) is 6.07 Å². The highest BCUT2D eigenvalue weighted by Gasteiger charge is 2.12. The van der Waals surface area contributed by atoms with Crippen molar-refractivity contribution < 1.29 is 9.90 Å². The molecule has 3 aromatic rings. The van der Waals surface area contributed by atoms with Crippen LogP contribution < -0.4 is 5.73 Å². The maximum Gasteiger partial charge on any atom is 0.309 e. The van der Waals surface area contributed by atoms with Gasteiger partial charge < -0.3 is 10.8 Å². The number of hydrogen-bond acceptors (Lipinski definition) is 4. The van der Waals surface area contributed by atoms with Crippen molar-refractivity contribution in [3.63, 3.8) is 0 Å². The Morgan fingerprint density at radius 1 is 1.42 bits per heavy atom. The van der Waals surface area contributed by atoms with Crippen LogP contribution in [0.4, 0.5) is 5.69 Å². The number of aromatic nitrogens is 2. The number of para-hydroxylation sites is 1. The fourth-order valence-corrected chi connectivity index (χ4v) is 2.84. The zero-order valence-corrected chi connectivity index (χ0v) is 10.7. The van der Waals surface area contributed by atoms with Crippen LogP contribution in [-0.4, -0.2) is 20.5 Å². The number of nitrogen functional groups attached to an aromatic ring is 1. The van der Waals surface area contributed by atoms with Gasteiger partial charge in [0, 0.05) is 28.5 Å². The summed E-state index contributed by atoms with van der Waals surface area (Å²) in [6.07, 6.45) is 1.82. The van der Waals surface area contributed by atoms with Crippen molar-refractivity contribution in [1.82, 2.24) is 9.38 Å². The number of hydrogen-bond donors (Lipinski definition) is 2. The van der Waals surface area contributed by atoms with Gasteiger partial charge in [-0.15, -0.1) is 11.3 Å². The number of carbonyl (C=O) groups is 1. The van der Waals surface area contributed by atoms with Gasteiger partial charge in [-0.1, -0.05) is 18.2 Å². The van der Waals surface area contributed by atoms with Crippen molar-refractivity contribution in [3.8, 4) is 11.3 Å². The van der Waals surface area contributed by atoms with Gasteiger partial charge in [0.25, 0.3) is 0 Å². The molecule has 1 aromatic carbocycles. The second-order valence-electron chi connectivity index (χ2n) is 4.16. The predicted octanol–water partition coefficient (Wildman–Crippen LogP) is 2.27. The Balaban J connectivity index is 2.10. The zero-order chi connectivity index (χ0) is 13.4. The van der Waals surface area contributed by atoms with Crippen molar-refractivity contribution in [2.45, 2.75) is 6.42 Å². The normalized spacial score (nSPS) is 10.9. The van der Waals surface area contributed by atoms with E-state index in [0.717, 1.165) is 21.9 Å². The quantitative estimate of drug-likeness (QED) is 0.717. The average Bonchev–Trinajstić information content (AvgIpc) is 2.91. The number of thiazole rings is 1. The monoisotopic (exact) mass is 273 g/mol. The molecule has 19 heavy (non-hydrogen) atoms. The second-order valence-corrected chi connectivity index (χ2v) is 5.00. The summed E-state index contributed by atoms with van der Waals surface area (Å²) in [5, 5.41) is 10.7. The molecule has 96 valence electrons.